The molecule has 1 aromatic rings. The van der Waals surface area contributed by atoms with Crippen molar-refractivity contribution in [1.82, 2.24) is 4.90 Å². The molecule has 1 saturated heterocycles. The highest BCUT2D eigenvalue weighted by atomic mass is 19.1. The van der Waals surface area contributed by atoms with Crippen molar-refractivity contribution in [2.45, 2.75) is 46.1 Å². The number of amides is 2. The number of halogens is 1. The maximum atomic E-state index is 13.6. The van der Waals surface area contributed by atoms with E-state index in [0.717, 1.165) is 6.42 Å². The zero-order chi connectivity index (χ0) is 17.9. The van der Waals surface area contributed by atoms with Gasteiger partial charge in [0, 0.05) is 18.8 Å². The third-order valence-electron chi connectivity index (χ3n) is 3.88. The maximum Gasteiger partial charge on any atom is 0.410 e. The third-order valence-corrected chi connectivity index (χ3v) is 3.88. The Hall–Kier alpha value is -2.11. The molecular weight excluding hydrogens is 311 g/mol. The predicted octanol–water partition coefficient (Wildman–Crippen LogP) is 3.72. The number of aryl methyl sites for hydroxylation is 1. The Bertz CT molecular complexity index is 625. The van der Waals surface area contributed by atoms with Crippen molar-refractivity contribution in [2.24, 2.45) is 5.92 Å². The van der Waals surface area contributed by atoms with Gasteiger partial charge in [-0.15, -0.1) is 0 Å². The average molecular weight is 336 g/mol. The summed E-state index contributed by atoms with van der Waals surface area (Å²) >= 11 is 0. The van der Waals surface area contributed by atoms with Crippen LogP contribution in [0.2, 0.25) is 0 Å². The Morgan fingerprint density at radius 3 is 2.67 bits per heavy atom. The van der Waals surface area contributed by atoms with Gasteiger partial charge in [0.05, 0.1) is 5.92 Å². The number of benzene rings is 1. The van der Waals surface area contributed by atoms with E-state index >= 15 is 0 Å². The number of rotatable bonds is 2. The average Bonchev–Trinajstić information content (AvgIpc) is 2.49. The van der Waals surface area contributed by atoms with Gasteiger partial charge in [-0.1, -0.05) is 6.07 Å². The quantitative estimate of drug-likeness (QED) is 0.895. The van der Waals surface area contributed by atoms with Crippen LogP contribution < -0.4 is 5.32 Å². The van der Waals surface area contributed by atoms with Crippen LogP contribution in [-0.2, 0) is 9.53 Å². The molecule has 6 heteroatoms. The fourth-order valence-electron chi connectivity index (χ4n) is 2.60. The van der Waals surface area contributed by atoms with Crippen LogP contribution in [0.5, 0.6) is 0 Å². The number of nitrogens with zero attached hydrogens (tertiary/aromatic N) is 1. The van der Waals surface area contributed by atoms with E-state index in [0.29, 0.717) is 30.8 Å². The molecule has 0 radical (unpaired) electrons. The lowest BCUT2D eigenvalue weighted by molar-refractivity contribution is -0.121. The van der Waals surface area contributed by atoms with E-state index in [1.165, 1.54) is 6.07 Å². The number of anilines is 1. The predicted molar refractivity (Wildman–Crippen MR) is 90.3 cm³/mol. The van der Waals surface area contributed by atoms with Gasteiger partial charge in [-0.2, -0.15) is 0 Å². The second-order valence-corrected chi connectivity index (χ2v) is 7.22. The molecule has 0 aliphatic carbocycles. The van der Waals surface area contributed by atoms with Crippen molar-refractivity contribution in [3.63, 3.8) is 0 Å². The first kappa shape index (κ1) is 18.2. The number of carbonyl (C=O) groups excluding carboxylic acids is 2. The van der Waals surface area contributed by atoms with Gasteiger partial charge in [0.1, 0.15) is 11.4 Å². The van der Waals surface area contributed by atoms with E-state index in [4.69, 9.17) is 4.74 Å². The van der Waals surface area contributed by atoms with Crippen LogP contribution >= 0.6 is 0 Å². The van der Waals surface area contributed by atoms with E-state index < -0.39 is 11.7 Å². The molecule has 2 amide bonds. The van der Waals surface area contributed by atoms with Gasteiger partial charge in [-0.05, 0) is 58.2 Å². The number of piperidine rings is 1. The SMILES string of the molecule is Cc1ccc(NC(=O)C2CCCN(C(=O)OC(C)(C)C)C2)cc1F. The number of hydrogen-bond donors (Lipinski definition) is 1. The van der Waals surface area contributed by atoms with Gasteiger partial charge in [-0.3, -0.25) is 4.79 Å². The first-order valence-electron chi connectivity index (χ1n) is 8.20. The molecule has 1 N–H and O–H groups in total. The van der Waals surface area contributed by atoms with Crippen molar-refractivity contribution < 1.29 is 18.7 Å². The monoisotopic (exact) mass is 336 g/mol. The van der Waals surface area contributed by atoms with Gasteiger partial charge in [0.25, 0.3) is 0 Å². The highest BCUT2D eigenvalue weighted by molar-refractivity contribution is 5.93. The molecule has 0 aromatic heterocycles. The molecule has 5 nitrogen and oxygen atoms in total. The lowest BCUT2D eigenvalue weighted by Crippen LogP contribution is -2.45. The number of nitrogens with one attached hydrogen (secondary N) is 1. The topological polar surface area (TPSA) is 58.6 Å². The minimum Gasteiger partial charge on any atom is -0.444 e. The van der Waals surface area contributed by atoms with Gasteiger partial charge < -0.3 is 15.0 Å². The summed E-state index contributed by atoms with van der Waals surface area (Å²) in [4.78, 5) is 26.1. The molecule has 0 bridgehead atoms. The van der Waals surface area contributed by atoms with Crippen LogP contribution in [0.15, 0.2) is 18.2 Å². The summed E-state index contributed by atoms with van der Waals surface area (Å²) < 4.78 is 18.9. The molecule has 1 aromatic carbocycles. The Morgan fingerprint density at radius 2 is 2.04 bits per heavy atom. The second kappa shape index (κ2) is 7.20. The number of ether oxygens (including phenoxy) is 1. The molecule has 0 spiro atoms. The highest BCUT2D eigenvalue weighted by Gasteiger charge is 2.31. The van der Waals surface area contributed by atoms with E-state index in [-0.39, 0.29) is 17.6 Å². The number of hydrogen-bond acceptors (Lipinski definition) is 3. The van der Waals surface area contributed by atoms with Crippen molar-refractivity contribution in [2.75, 3.05) is 18.4 Å². The van der Waals surface area contributed by atoms with E-state index in [1.54, 1.807) is 24.0 Å². The minimum absolute atomic E-state index is 0.202. The van der Waals surface area contributed by atoms with E-state index in [2.05, 4.69) is 5.32 Å². The van der Waals surface area contributed by atoms with Gasteiger partial charge >= 0.3 is 6.09 Å². The minimum atomic E-state index is -0.564. The molecule has 1 aliphatic heterocycles. The molecular formula is C18H25FN2O3. The fourth-order valence-corrected chi connectivity index (χ4v) is 2.60. The summed E-state index contributed by atoms with van der Waals surface area (Å²) in [6.07, 6.45) is 1.03. The van der Waals surface area contributed by atoms with Crippen molar-refractivity contribution >= 4 is 17.7 Å². The number of likely N-dealkylation sites (tertiary alicyclic amines) is 1. The van der Waals surface area contributed by atoms with Gasteiger partial charge in [0.15, 0.2) is 0 Å². The lowest BCUT2D eigenvalue weighted by Gasteiger charge is -2.33. The summed E-state index contributed by atoms with van der Waals surface area (Å²) in [6.45, 7) is 7.99. The largest absolute Gasteiger partial charge is 0.444 e. The van der Waals surface area contributed by atoms with Crippen LogP contribution in [0.3, 0.4) is 0 Å². The van der Waals surface area contributed by atoms with Crippen molar-refractivity contribution in [3.05, 3.63) is 29.6 Å². The Labute approximate surface area is 142 Å². The van der Waals surface area contributed by atoms with Crippen LogP contribution in [0.1, 0.15) is 39.2 Å². The first-order chi connectivity index (χ1) is 11.2. The molecule has 0 saturated carbocycles. The normalized spacial score (nSPS) is 18.2. The Morgan fingerprint density at radius 1 is 1.33 bits per heavy atom. The van der Waals surface area contributed by atoms with Crippen LogP contribution in [0.25, 0.3) is 0 Å². The zero-order valence-corrected chi connectivity index (χ0v) is 14.7. The number of carbonyl (C=O) groups is 2. The fraction of sp³-hybridized carbons (Fsp3) is 0.556. The van der Waals surface area contributed by atoms with E-state index in [1.807, 2.05) is 20.8 Å². The highest BCUT2D eigenvalue weighted by Crippen LogP contribution is 2.21. The summed E-state index contributed by atoms with van der Waals surface area (Å²) in [5.74, 6) is -0.881. The smallest absolute Gasteiger partial charge is 0.410 e. The molecule has 24 heavy (non-hydrogen) atoms. The first-order valence-corrected chi connectivity index (χ1v) is 8.20. The molecule has 1 aliphatic rings. The summed E-state index contributed by atoms with van der Waals surface area (Å²) in [5, 5.41) is 2.73. The standard InChI is InChI=1S/C18H25FN2O3/c1-12-7-8-14(10-15(12)19)20-16(22)13-6-5-9-21(11-13)17(23)24-18(2,3)4/h7-8,10,13H,5-6,9,11H2,1-4H3,(H,20,22). The van der Waals surface area contributed by atoms with E-state index in [9.17, 15) is 14.0 Å². The third kappa shape index (κ3) is 4.94. The molecule has 1 atom stereocenters. The molecule has 2 rings (SSSR count). The van der Waals surface area contributed by atoms with Crippen LogP contribution in [0.4, 0.5) is 14.9 Å². The summed E-state index contributed by atoms with van der Waals surface area (Å²) in [7, 11) is 0. The van der Waals surface area contributed by atoms with Crippen molar-refractivity contribution in [1.29, 1.82) is 0 Å². The molecule has 1 unspecified atom stereocenters. The molecule has 1 fully saturated rings. The molecule has 1 heterocycles. The zero-order valence-electron chi connectivity index (χ0n) is 14.7. The van der Waals surface area contributed by atoms with Gasteiger partial charge in [0.2, 0.25) is 5.91 Å². The molecule has 132 valence electrons. The van der Waals surface area contributed by atoms with Gasteiger partial charge in [-0.25, -0.2) is 9.18 Å². The Kier molecular flexibility index (Phi) is 5.47. The second-order valence-electron chi connectivity index (χ2n) is 7.22. The Balaban J connectivity index is 1.97. The van der Waals surface area contributed by atoms with Crippen LogP contribution in [-0.4, -0.2) is 35.6 Å². The summed E-state index contributed by atoms with van der Waals surface area (Å²) in [6, 6.07) is 4.60. The van der Waals surface area contributed by atoms with Crippen molar-refractivity contribution in [3.8, 4) is 0 Å². The van der Waals surface area contributed by atoms with Crippen LogP contribution in [0, 0.1) is 18.7 Å². The maximum absolute atomic E-state index is 13.6. The lowest BCUT2D eigenvalue weighted by atomic mass is 9.97. The summed E-state index contributed by atoms with van der Waals surface area (Å²) in [5.41, 5.74) is 0.394.